The van der Waals surface area contributed by atoms with Gasteiger partial charge in [0.25, 0.3) is 0 Å². The minimum atomic E-state index is -0.732. The quantitative estimate of drug-likeness (QED) is 0.117. The minimum Gasteiger partial charge on any atom is -0.469 e. The van der Waals surface area contributed by atoms with E-state index in [2.05, 4.69) is 20.4 Å². The Balaban J connectivity index is 1.57. The van der Waals surface area contributed by atoms with Crippen molar-refractivity contribution < 1.29 is 47.4 Å². The molecule has 2 amide bonds. The van der Waals surface area contributed by atoms with Gasteiger partial charge in [-0.2, -0.15) is 4.98 Å². The number of rotatable bonds is 24. The molecule has 2 heterocycles. The number of hydrogen-bond acceptors (Lipinski definition) is 12. The first-order chi connectivity index (χ1) is 23.8. The van der Waals surface area contributed by atoms with Crippen LogP contribution in [-0.2, 0) is 43.0 Å². The summed E-state index contributed by atoms with van der Waals surface area (Å²) in [5, 5.41) is 5.52. The summed E-state index contributed by atoms with van der Waals surface area (Å²) in [6.45, 7) is 5.57. The van der Waals surface area contributed by atoms with Crippen LogP contribution in [0.4, 0.5) is 4.39 Å². The molecule has 1 aromatic rings. The fraction of sp³-hybridized carbons (Fsp3) is 0.706. The van der Waals surface area contributed by atoms with E-state index in [1.54, 1.807) is 0 Å². The van der Waals surface area contributed by atoms with Crippen LogP contribution >= 0.6 is 11.8 Å². The number of ether oxygens (including phenoxy) is 3. The first-order valence-corrected chi connectivity index (χ1v) is 18.2. The zero-order chi connectivity index (χ0) is 37.1. The lowest BCUT2D eigenvalue weighted by molar-refractivity contribution is -0.148. The van der Waals surface area contributed by atoms with Crippen LogP contribution in [0.25, 0.3) is 0 Å². The molecular formula is C34H51FN4O10S. The van der Waals surface area contributed by atoms with Crippen LogP contribution in [-0.4, -0.2) is 82.9 Å². The molecule has 2 N–H and O–H groups in total. The van der Waals surface area contributed by atoms with E-state index >= 15 is 0 Å². The number of carbonyl (C=O) groups excluding carboxylic acids is 6. The number of aromatic nitrogens is 2. The van der Waals surface area contributed by atoms with Crippen LogP contribution in [0.5, 0.6) is 0 Å². The summed E-state index contributed by atoms with van der Waals surface area (Å²) in [4.78, 5) is 88.2. The van der Waals surface area contributed by atoms with Gasteiger partial charge in [-0.05, 0) is 46.0 Å². The Bertz CT molecular complexity index is 1370. The lowest BCUT2D eigenvalue weighted by Crippen LogP contribution is -2.30. The Morgan fingerprint density at radius 1 is 0.980 bits per heavy atom. The fourth-order valence-corrected chi connectivity index (χ4v) is 6.28. The molecule has 0 saturated carbocycles. The highest BCUT2D eigenvalue weighted by atomic mass is 32.2. The second-order valence-electron chi connectivity index (χ2n) is 12.3. The number of ketones is 2. The minimum absolute atomic E-state index is 0.00141. The van der Waals surface area contributed by atoms with E-state index in [0.29, 0.717) is 63.8 Å². The van der Waals surface area contributed by atoms with Crippen molar-refractivity contribution in [2.24, 2.45) is 11.8 Å². The third-order valence-corrected chi connectivity index (χ3v) is 9.52. The van der Waals surface area contributed by atoms with Crippen molar-refractivity contribution in [1.82, 2.24) is 20.2 Å². The van der Waals surface area contributed by atoms with E-state index in [1.807, 2.05) is 6.92 Å². The van der Waals surface area contributed by atoms with Crippen molar-refractivity contribution >= 4 is 47.1 Å². The molecule has 280 valence electrons. The van der Waals surface area contributed by atoms with Gasteiger partial charge in [0.2, 0.25) is 11.8 Å². The molecule has 1 aromatic heterocycles. The highest BCUT2D eigenvalue weighted by Gasteiger charge is 2.30. The first kappa shape index (κ1) is 42.5. The second-order valence-corrected chi connectivity index (χ2v) is 13.4. The van der Waals surface area contributed by atoms with Gasteiger partial charge in [0.05, 0.1) is 25.6 Å². The van der Waals surface area contributed by atoms with E-state index in [4.69, 9.17) is 9.47 Å². The number of methoxy groups -OCH3 is 1. The maximum atomic E-state index is 13.8. The van der Waals surface area contributed by atoms with Crippen molar-refractivity contribution in [2.75, 3.05) is 32.6 Å². The van der Waals surface area contributed by atoms with Crippen molar-refractivity contribution in [3.63, 3.8) is 0 Å². The molecule has 2 rings (SSSR count). The number of hydrogen-bond donors (Lipinski definition) is 2. The number of thioether (sulfide) groups is 1. The van der Waals surface area contributed by atoms with E-state index in [-0.39, 0.29) is 79.6 Å². The Kier molecular flexibility index (Phi) is 19.5. The summed E-state index contributed by atoms with van der Waals surface area (Å²) in [7, 11) is 1.27. The largest absolute Gasteiger partial charge is 0.469 e. The molecule has 50 heavy (non-hydrogen) atoms. The first-order valence-electron chi connectivity index (χ1n) is 17.2. The van der Waals surface area contributed by atoms with Crippen molar-refractivity contribution in [3.05, 3.63) is 28.2 Å². The van der Waals surface area contributed by atoms with Gasteiger partial charge in [-0.15, -0.1) is 11.8 Å². The van der Waals surface area contributed by atoms with Gasteiger partial charge in [-0.25, -0.2) is 9.18 Å². The van der Waals surface area contributed by atoms with Gasteiger partial charge >= 0.3 is 17.6 Å². The van der Waals surface area contributed by atoms with Gasteiger partial charge in [0, 0.05) is 56.1 Å². The second kappa shape index (κ2) is 22.9. The van der Waals surface area contributed by atoms with Gasteiger partial charge < -0.3 is 24.8 Å². The molecule has 2 unspecified atom stereocenters. The summed E-state index contributed by atoms with van der Waals surface area (Å²) < 4.78 is 30.3. The van der Waals surface area contributed by atoms with E-state index in [9.17, 15) is 38.0 Å². The summed E-state index contributed by atoms with van der Waals surface area (Å²) in [5.41, 5.74) is -1.17. The van der Waals surface area contributed by atoms with Crippen LogP contribution in [0.1, 0.15) is 103 Å². The molecule has 4 atom stereocenters. The number of aryl methyl sites for hydroxylation is 1. The fourth-order valence-electron chi connectivity index (χ4n) is 5.29. The highest BCUT2D eigenvalue weighted by molar-refractivity contribution is 8.00. The van der Waals surface area contributed by atoms with Crippen LogP contribution in [0.15, 0.2) is 11.0 Å². The van der Waals surface area contributed by atoms with Crippen LogP contribution in [0.3, 0.4) is 0 Å². The Morgan fingerprint density at radius 2 is 1.58 bits per heavy atom. The van der Waals surface area contributed by atoms with Crippen molar-refractivity contribution in [2.45, 2.75) is 109 Å². The average molecular weight is 727 g/mol. The van der Waals surface area contributed by atoms with Crippen LogP contribution in [0.2, 0.25) is 0 Å². The van der Waals surface area contributed by atoms with Crippen molar-refractivity contribution in [3.8, 4) is 0 Å². The van der Waals surface area contributed by atoms with E-state index in [1.165, 1.54) is 32.7 Å². The Hall–Kier alpha value is -3.66. The van der Waals surface area contributed by atoms with Gasteiger partial charge in [0.15, 0.2) is 5.82 Å². The molecule has 0 spiro atoms. The standard InChI is InChI=1S/C34H51FN4O10S/c1-5-24(27(41)18-25(23(3)40)11-7-9-17-36-28(42)12-14-31(44)47-4)10-6-8-16-37-29(43)13-15-32(45)48-20-33-49-30(21-50-33)39-19-26(35)22(2)38-34(39)46/h19,24-25,30,33H,5-18,20-21H2,1-4H3,(H,36,42)(H,37,43)/t24?,25?,30-,33+/m0/s1. The number of Topliss-reactive ketones (excluding diaryl/α,β-unsaturated/α-hetero) is 2. The summed E-state index contributed by atoms with van der Waals surface area (Å²) >= 11 is 1.32. The Morgan fingerprint density at radius 3 is 2.16 bits per heavy atom. The number of esters is 2. The predicted octanol–water partition coefficient (Wildman–Crippen LogP) is 3.32. The van der Waals surface area contributed by atoms with Gasteiger partial charge in [-0.1, -0.05) is 19.8 Å². The number of amides is 2. The van der Waals surface area contributed by atoms with Crippen LogP contribution < -0.4 is 16.3 Å². The molecule has 1 saturated heterocycles. The average Bonchev–Trinajstić information content (AvgIpc) is 3.56. The van der Waals surface area contributed by atoms with Crippen LogP contribution in [0, 0.1) is 24.6 Å². The van der Waals surface area contributed by atoms with Gasteiger partial charge in [0.1, 0.15) is 29.8 Å². The van der Waals surface area contributed by atoms with E-state index in [0.717, 1.165) is 10.8 Å². The molecule has 0 bridgehead atoms. The molecule has 0 aromatic carbocycles. The zero-order valence-corrected chi connectivity index (χ0v) is 30.3. The summed E-state index contributed by atoms with van der Waals surface area (Å²) in [6.07, 6.45) is 4.97. The third kappa shape index (κ3) is 15.9. The molecule has 14 nitrogen and oxygen atoms in total. The smallest absolute Gasteiger partial charge is 0.350 e. The number of carbonyl (C=O) groups is 6. The number of nitrogens with one attached hydrogen (secondary N) is 2. The zero-order valence-electron chi connectivity index (χ0n) is 29.5. The molecule has 16 heteroatoms. The summed E-state index contributed by atoms with van der Waals surface area (Å²) in [6, 6.07) is 0. The lowest BCUT2D eigenvalue weighted by atomic mass is 9.85. The molecule has 1 aliphatic rings. The summed E-state index contributed by atoms with van der Waals surface area (Å²) in [5.74, 6) is -2.34. The Labute approximate surface area is 296 Å². The lowest BCUT2D eigenvalue weighted by Gasteiger charge is -2.18. The monoisotopic (exact) mass is 726 g/mol. The molecule has 0 aliphatic carbocycles. The third-order valence-electron chi connectivity index (χ3n) is 8.42. The topological polar surface area (TPSA) is 189 Å². The number of nitrogens with zero attached hydrogens (tertiary/aromatic N) is 2. The molecule has 1 aliphatic heterocycles. The highest BCUT2D eigenvalue weighted by Crippen LogP contribution is 2.31. The predicted molar refractivity (Wildman–Crippen MR) is 182 cm³/mol. The molecule has 0 radical (unpaired) electrons. The number of halogens is 1. The number of unbranched alkanes of at least 4 members (excludes halogenated alkanes) is 2. The molecule has 1 fully saturated rings. The SMILES string of the molecule is CCC(CCCCNC(=O)CCC(=O)OC[C@@H]1O[C@H](n2cc(F)c(C)nc2=O)CS1)C(=O)CC(CCCCNC(=O)CCC(=O)OC)C(C)=O. The maximum Gasteiger partial charge on any atom is 0.350 e. The van der Waals surface area contributed by atoms with Gasteiger partial charge in [-0.3, -0.25) is 33.3 Å². The van der Waals surface area contributed by atoms with Crippen molar-refractivity contribution in [1.29, 1.82) is 0 Å². The molecular weight excluding hydrogens is 675 g/mol. The van der Waals surface area contributed by atoms with E-state index < -0.39 is 35.1 Å². The normalized spacial score (nSPS) is 16.7. The maximum absolute atomic E-state index is 13.8.